The van der Waals surface area contributed by atoms with Gasteiger partial charge in [-0.15, -0.1) is 0 Å². The monoisotopic (exact) mass is 171 g/mol. The molecule has 0 aliphatic rings. The van der Waals surface area contributed by atoms with Crippen molar-refractivity contribution in [3.63, 3.8) is 0 Å². The van der Waals surface area contributed by atoms with E-state index in [1.807, 2.05) is 0 Å². The van der Waals surface area contributed by atoms with Crippen LogP contribution in [0.25, 0.3) is 0 Å². The highest BCUT2D eigenvalue weighted by molar-refractivity contribution is 6.30. The predicted molar refractivity (Wildman–Crippen MR) is 46.5 cm³/mol. The molecule has 0 amide bonds. The maximum atomic E-state index is 9.17. The Hall–Kier alpha value is -0.730. The average molecular weight is 172 g/mol. The van der Waals surface area contributed by atoms with Crippen molar-refractivity contribution in [1.82, 2.24) is 0 Å². The lowest BCUT2D eigenvalue weighted by Crippen LogP contribution is -1.97. The standard InChI is InChI=1S/C8H10ClNO/c1-5(11)7-3-2-6(9)4-8(7)10/h2-5,11H,10H2,1H3. The second-order valence-electron chi connectivity index (χ2n) is 2.45. The summed E-state index contributed by atoms with van der Waals surface area (Å²) in [4.78, 5) is 0. The number of anilines is 1. The van der Waals surface area contributed by atoms with E-state index in [4.69, 9.17) is 17.3 Å². The highest BCUT2D eigenvalue weighted by atomic mass is 35.5. The normalized spacial score (nSPS) is 13.0. The maximum Gasteiger partial charge on any atom is 0.0781 e. The van der Waals surface area contributed by atoms with Crippen LogP contribution in [0.3, 0.4) is 0 Å². The molecular weight excluding hydrogens is 162 g/mol. The zero-order valence-electron chi connectivity index (χ0n) is 6.21. The van der Waals surface area contributed by atoms with Gasteiger partial charge in [-0.05, 0) is 19.1 Å². The topological polar surface area (TPSA) is 46.2 Å². The van der Waals surface area contributed by atoms with E-state index in [1.54, 1.807) is 25.1 Å². The van der Waals surface area contributed by atoms with E-state index in [0.29, 0.717) is 10.7 Å². The first-order chi connectivity index (χ1) is 5.11. The Labute approximate surface area is 70.6 Å². The second kappa shape index (κ2) is 3.11. The minimum absolute atomic E-state index is 0.535. The summed E-state index contributed by atoms with van der Waals surface area (Å²) < 4.78 is 0. The Morgan fingerprint density at radius 1 is 1.55 bits per heavy atom. The molecule has 0 aromatic heterocycles. The van der Waals surface area contributed by atoms with Crippen LogP contribution in [0, 0.1) is 0 Å². The molecule has 0 saturated carbocycles. The SMILES string of the molecule is CC(O)c1ccc(Cl)cc1N. The van der Waals surface area contributed by atoms with Crippen molar-refractivity contribution >= 4 is 17.3 Å². The lowest BCUT2D eigenvalue weighted by atomic mass is 10.1. The van der Waals surface area contributed by atoms with Crippen LogP contribution in [-0.2, 0) is 0 Å². The molecule has 0 saturated heterocycles. The average Bonchev–Trinajstić information content (AvgIpc) is 1.85. The van der Waals surface area contributed by atoms with Crippen molar-refractivity contribution < 1.29 is 5.11 Å². The quantitative estimate of drug-likeness (QED) is 0.635. The van der Waals surface area contributed by atoms with E-state index >= 15 is 0 Å². The zero-order valence-corrected chi connectivity index (χ0v) is 6.97. The number of benzene rings is 1. The zero-order chi connectivity index (χ0) is 8.43. The molecule has 0 radical (unpaired) electrons. The number of halogens is 1. The minimum atomic E-state index is -0.535. The van der Waals surface area contributed by atoms with Gasteiger partial charge in [-0.3, -0.25) is 0 Å². The van der Waals surface area contributed by atoms with Crippen molar-refractivity contribution in [2.45, 2.75) is 13.0 Å². The molecule has 60 valence electrons. The van der Waals surface area contributed by atoms with Gasteiger partial charge >= 0.3 is 0 Å². The summed E-state index contributed by atoms with van der Waals surface area (Å²) in [6, 6.07) is 5.06. The van der Waals surface area contributed by atoms with E-state index < -0.39 is 6.10 Å². The fourth-order valence-electron chi connectivity index (χ4n) is 0.926. The predicted octanol–water partition coefficient (Wildman–Crippen LogP) is 1.98. The molecule has 11 heavy (non-hydrogen) atoms. The van der Waals surface area contributed by atoms with Crippen molar-refractivity contribution in [2.75, 3.05) is 5.73 Å². The summed E-state index contributed by atoms with van der Waals surface area (Å²) in [5.41, 5.74) is 6.83. The van der Waals surface area contributed by atoms with Crippen molar-refractivity contribution in [1.29, 1.82) is 0 Å². The third-order valence-electron chi connectivity index (χ3n) is 1.50. The summed E-state index contributed by atoms with van der Waals surface area (Å²) in [6.45, 7) is 1.67. The number of nitrogens with two attached hydrogens (primary N) is 1. The van der Waals surface area contributed by atoms with Crippen molar-refractivity contribution in [3.8, 4) is 0 Å². The molecule has 0 aliphatic heterocycles. The van der Waals surface area contributed by atoms with E-state index in [0.717, 1.165) is 5.56 Å². The van der Waals surface area contributed by atoms with Crippen LogP contribution in [0.15, 0.2) is 18.2 Å². The molecule has 1 unspecified atom stereocenters. The Morgan fingerprint density at radius 2 is 2.18 bits per heavy atom. The molecule has 0 heterocycles. The van der Waals surface area contributed by atoms with Gasteiger partial charge in [0.05, 0.1) is 6.10 Å². The fraction of sp³-hybridized carbons (Fsp3) is 0.250. The molecular formula is C8H10ClNO. The summed E-state index contributed by atoms with van der Waals surface area (Å²) in [5.74, 6) is 0. The first-order valence-corrected chi connectivity index (χ1v) is 3.72. The van der Waals surface area contributed by atoms with Crippen LogP contribution in [0.4, 0.5) is 5.69 Å². The van der Waals surface area contributed by atoms with Crippen LogP contribution in [0.5, 0.6) is 0 Å². The minimum Gasteiger partial charge on any atom is -0.398 e. The summed E-state index contributed by atoms with van der Waals surface area (Å²) in [6.07, 6.45) is -0.535. The molecule has 3 heteroatoms. The van der Waals surface area contributed by atoms with E-state index in [1.165, 1.54) is 0 Å². The largest absolute Gasteiger partial charge is 0.398 e. The Bertz CT molecular complexity index is 260. The van der Waals surface area contributed by atoms with Gasteiger partial charge in [0, 0.05) is 16.3 Å². The van der Waals surface area contributed by atoms with Crippen LogP contribution in [-0.4, -0.2) is 5.11 Å². The number of hydrogen-bond acceptors (Lipinski definition) is 2. The lowest BCUT2D eigenvalue weighted by Gasteiger charge is -2.07. The fourth-order valence-corrected chi connectivity index (χ4v) is 1.11. The van der Waals surface area contributed by atoms with E-state index in [-0.39, 0.29) is 0 Å². The van der Waals surface area contributed by atoms with Crippen LogP contribution in [0.2, 0.25) is 5.02 Å². The summed E-state index contributed by atoms with van der Waals surface area (Å²) in [7, 11) is 0. The molecule has 2 nitrogen and oxygen atoms in total. The molecule has 3 N–H and O–H groups in total. The number of rotatable bonds is 1. The lowest BCUT2D eigenvalue weighted by molar-refractivity contribution is 0.200. The third kappa shape index (κ3) is 1.85. The van der Waals surface area contributed by atoms with Crippen LogP contribution in [0.1, 0.15) is 18.6 Å². The summed E-state index contributed by atoms with van der Waals surface area (Å²) in [5, 5.41) is 9.76. The van der Waals surface area contributed by atoms with Crippen LogP contribution >= 0.6 is 11.6 Å². The first-order valence-electron chi connectivity index (χ1n) is 3.34. The van der Waals surface area contributed by atoms with Crippen molar-refractivity contribution in [3.05, 3.63) is 28.8 Å². The Morgan fingerprint density at radius 3 is 2.64 bits per heavy atom. The molecule has 1 rings (SSSR count). The van der Waals surface area contributed by atoms with Gasteiger partial charge in [0.2, 0.25) is 0 Å². The number of nitrogen functional groups attached to an aromatic ring is 1. The van der Waals surface area contributed by atoms with E-state index in [9.17, 15) is 5.11 Å². The first kappa shape index (κ1) is 8.37. The van der Waals surface area contributed by atoms with Gasteiger partial charge in [0.15, 0.2) is 0 Å². The molecule has 0 spiro atoms. The van der Waals surface area contributed by atoms with E-state index in [2.05, 4.69) is 0 Å². The molecule has 1 aromatic carbocycles. The second-order valence-corrected chi connectivity index (χ2v) is 2.89. The molecule has 1 atom stereocenters. The summed E-state index contributed by atoms with van der Waals surface area (Å²) >= 11 is 5.66. The molecule has 0 bridgehead atoms. The molecule has 0 aliphatic carbocycles. The smallest absolute Gasteiger partial charge is 0.0781 e. The van der Waals surface area contributed by atoms with Gasteiger partial charge in [-0.2, -0.15) is 0 Å². The molecule has 1 aromatic rings. The van der Waals surface area contributed by atoms with Gasteiger partial charge in [-0.25, -0.2) is 0 Å². The maximum absolute atomic E-state index is 9.17. The molecule has 0 fully saturated rings. The third-order valence-corrected chi connectivity index (χ3v) is 1.73. The van der Waals surface area contributed by atoms with Crippen LogP contribution < -0.4 is 5.73 Å². The van der Waals surface area contributed by atoms with Gasteiger partial charge < -0.3 is 10.8 Å². The Kier molecular flexibility index (Phi) is 2.37. The number of aliphatic hydroxyl groups is 1. The van der Waals surface area contributed by atoms with Gasteiger partial charge in [0.25, 0.3) is 0 Å². The Balaban J connectivity index is 3.09. The number of aliphatic hydroxyl groups excluding tert-OH is 1. The highest BCUT2D eigenvalue weighted by Gasteiger charge is 2.04. The van der Waals surface area contributed by atoms with Crippen molar-refractivity contribution in [2.24, 2.45) is 0 Å². The highest BCUT2D eigenvalue weighted by Crippen LogP contribution is 2.23. The van der Waals surface area contributed by atoms with Gasteiger partial charge in [-0.1, -0.05) is 17.7 Å². The number of hydrogen-bond donors (Lipinski definition) is 2. The van der Waals surface area contributed by atoms with Gasteiger partial charge in [0.1, 0.15) is 0 Å².